The molecular formula is C20H31IN4O3. The maximum absolute atomic E-state index is 5.74. The highest BCUT2D eigenvalue weighted by Crippen LogP contribution is 2.15. The third kappa shape index (κ3) is 9.93. The van der Waals surface area contributed by atoms with Gasteiger partial charge in [-0.2, -0.15) is 0 Å². The second kappa shape index (κ2) is 12.6. The first-order valence-electron chi connectivity index (χ1n) is 9.14. The first-order valence-corrected chi connectivity index (χ1v) is 9.14. The molecule has 2 N–H and O–H groups in total. The fourth-order valence-corrected chi connectivity index (χ4v) is 2.25. The number of methoxy groups -OCH3 is 1. The van der Waals surface area contributed by atoms with Crippen LogP contribution in [-0.4, -0.2) is 43.4 Å². The van der Waals surface area contributed by atoms with Crippen molar-refractivity contribution in [1.82, 2.24) is 15.6 Å². The van der Waals surface area contributed by atoms with Crippen LogP contribution >= 0.6 is 24.0 Å². The summed E-state index contributed by atoms with van der Waals surface area (Å²) in [5, 5.41) is 6.56. The van der Waals surface area contributed by atoms with Crippen LogP contribution in [0.5, 0.6) is 5.88 Å². The van der Waals surface area contributed by atoms with Crippen molar-refractivity contribution < 1.29 is 13.9 Å². The molecule has 0 aliphatic carbocycles. The quantitative estimate of drug-likeness (QED) is 0.237. The third-order valence-electron chi connectivity index (χ3n) is 3.47. The zero-order valence-corrected chi connectivity index (χ0v) is 19.4. The van der Waals surface area contributed by atoms with E-state index in [1.165, 1.54) is 0 Å². The Morgan fingerprint density at radius 3 is 2.57 bits per heavy atom. The molecule has 2 rings (SSSR count). The smallest absolute Gasteiger partial charge is 0.213 e. The average Bonchev–Trinajstić information content (AvgIpc) is 3.13. The molecule has 2 heterocycles. The summed E-state index contributed by atoms with van der Waals surface area (Å²) >= 11 is 0. The van der Waals surface area contributed by atoms with Crippen LogP contribution < -0.4 is 15.4 Å². The van der Waals surface area contributed by atoms with E-state index in [2.05, 4.69) is 20.6 Å². The van der Waals surface area contributed by atoms with Crippen molar-refractivity contribution >= 4 is 29.9 Å². The van der Waals surface area contributed by atoms with Gasteiger partial charge in [-0.25, -0.2) is 9.98 Å². The molecule has 0 fully saturated rings. The Morgan fingerprint density at radius 1 is 1.18 bits per heavy atom. The Kier molecular flexibility index (Phi) is 10.9. The number of hydrogen-bond donors (Lipinski definition) is 2. The number of aliphatic imine (C=N–C) groups is 1. The highest BCUT2D eigenvalue weighted by molar-refractivity contribution is 14.0. The third-order valence-corrected chi connectivity index (χ3v) is 3.47. The Hall–Kier alpha value is -1.81. The van der Waals surface area contributed by atoms with E-state index >= 15 is 0 Å². The fourth-order valence-electron chi connectivity index (χ4n) is 2.25. The largest absolute Gasteiger partial charge is 0.472 e. The number of aromatic nitrogens is 1. The van der Waals surface area contributed by atoms with Crippen molar-refractivity contribution in [3.63, 3.8) is 0 Å². The van der Waals surface area contributed by atoms with E-state index in [-0.39, 0.29) is 29.6 Å². The molecule has 2 aromatic heterocycles. The molecule has 28 heavy (non-hydrogen) atoms. The summed E-state index contributed by atoms with van der Waals surface area (Å²) in [7, 11) is 1.68. The van der Waals surface area contributed by atoms with Crippen molar-refractivity contribution in [3.8, 4) is 5.88 Å². The number of hydrogen-bond acceptors (Lipinski definition) is 5. The van der Waals surface area contributed by atoms with E-state index in [1.807, 2.05) is 45.0 Å². The van der Waals surface area contributed by atoms with Gasteiger partial charge in [0.1, 0.15) is 11.4 Å². The molecule has 0 aliphatic heterocycles. The normalized spacial score (nSPS) is 11.6. The van der Waals surface area contributed by atoms with Crippen LogP contribution in [0.1, 0.15) is 32.1 Å². The van der Waals surface area contributed by atoms with Gasteiger partial charge in [0.15, 0.2) is 5.96 Å². The number of furan rings is 1. The predicted octanol–water partition coefficient (Wildman–Crippen LogP) is 3.39. The SMILES string of the molecule is COCCNC(=NCc1ccc(OC(C)(C)C)nc1)NCCc1ccco1.I. The van der Waals surface area contributed by atoms with Gasteiger partial charge in [-0.3, -0.25) is 0 Å². The predicted molar refractivity (Wildman–Crippen MR) is 121 cm³/mol. The Labute approximate surface area is 184 Å². The molecule has 156 valence electrons. The molecule has 0 unspecified atom stereocenters. The first kappa shape index (κ1) is 24.2. The number of ether oxygens (including phenoxy) is 2. The van der Waals surface area contributed by atoms with Crippen LogP contribution in [0.4, 0.5) is 0 Å². The summed E-state index contributed by atoms with van der Waals surface area (Å²) in [6.45, 7) is 8.53. The van der Waals surface area contributed by atoms with Crippen molar-refractivity contribution in [2.75, 3.05) is 26.8 Å². The number of rotatable bonds is 9. The minimum absolute atomic E-state index is 0. The topological polar surface area (TPSA) is 80.9 Å². The monoisotopic (exact) mass is 502 g/mol. The van der Waals surface area contributed by atoms with Crippen LogP contribution in [0, 0.1) is 0 Å². The summed E-state index contributed by atoms with van der Waals surface area (Å²) in [4.78, 5) is 8.96. The summed E-state index contributed by atoms with van der Waals surface area (Å²) in [5.74, 6) is 2.29. The molecule has 0 bridgehead atoms. The van der Waals surface area contributed by atoms with Gasteiger partial charge in [-0.15, -0.1) is 24.0 Å². The molecule has 0 atom stereocenters. The summed E-state index contributed by atoms with van der Waals surface area (Å²) in [6.07, 6.45) is 4.26. The van der Waals surface area contributed by atoms with E-state index in [4.69, 9.17) is 13.9 Å². The van der Waals surface area contributed by atoms with Gasteiger partial charge in [-0.1, -0.05) is 6.07 Å². The van der Waals surface area contributed by atoms with Crippen LogP contribution in [0.3, 0.4) is 0 Å². The Balaban J connectivity index is 0.00000392. The van der Waals surface area contributed by atoms with Crippen molar-refractivity contribution in [1.29, 1.82) is 0 Å². The number of guanidine groups is 1. The van der Waals surface area contributed by atoms with Crippen molar-refractivity contribution in [2.24, 2.45) is 4.99 Å². The molecule has 0 spiro atoms. The van der Waals surface area contributed by atoms with E-state index in [1.54, 1.807) is 19.6 Å². The minimum Gasteiger partial charge on any atom is -0.472 e. The number of nitrogens with one attached hydrogen (secondary N) is 2. The molecule has 0 amide bonds. The summed E-state index contributed by atoms with van der Waals surface area (Å²) < 4.78 is 16.2. The van der Waals surface area contributed by atoms with E-state index in [9.17, 15) is 0 Å². The van der Waals surface area contributed by atoms with E-state index < -0.39 is 0 Å². The van der Waals surface area contributed by atoms with E-state index in [0.717, 1.165) is 30.2 Å². The zero-order chi connectivity index (χ0) is 19.5. The lowest BCUT2D eigenvalue weighted by Crippen LogP contribution is -2.40. The van der Waals surface area contributed by atoms with Crippen LogP contribution in [0.25, 0.3) is 0 Å². The first-order chi connectivity index (χ1) is 13.0. The van der Waals surface area contributed by atoms with Gasteiger partial charge in [0.25, 0.3) is 0 Å². The molecule has 0 saturated heterocycles. The highest BCUT2D eigenvalue weighted by atomic mass is 127. The minimum atomic E-state index is -0.261. The van der Waals surface area contributed by atoms with Crippen LogP contribution in [0.15, 0.2) is 46.1 Å². The van der Waals surface area contributed by atoms with Crippen molar-refractivity contribution in [2.45, 2.75) is 39.3 Å². The molecular weight excluding hydrogens is 471 g/mol. The lowest BCUT2D eigenvalue weighted by Gasteiger charge is -2.20. The lowest BCUT2D eigenvalue weighted by atomic mass is 10.2. The van der Waals surface area contributed by atoms with Crippen molar-refractivity contribution in [3.05, 3.63) is 48.0 Å². The molecule has 0 aliphatic rings. The van der Waals surface area contributed by atoms with Crippen LogP contribution in [0.2, 0.25) is 0 Å². The molecule has 0 aromatic carbocycles. The molecule has 8 heteroatoms. The summed E-state index contributed by atoms with van der Waals surface area (Å²) in [6, 6.07) is 7.70. The maximum atomic E-state index is 5.74. The average molecular weight is 502 g/mol. The second-order valence-corrected chi connectivity index (χ2v) is 7.06. The second-order valence-electron chi connectivity index (χ2n) is 7.06. The van der Waals surface area contributed by atoms with Gasteiger partial charge in [0.2, 0.25) is 5.88 Å². The number of nitrogens with zero attached hydrogens (tertiary/aromatic N) is 2. The zero-order valence-electron chi connectivity index (χ0n) is 17.0. The molecule has 2 aromatic rings. The van der Waals surface area contributed by atoms with Gasteiger partial charge in [-0.05, 0) is 38.5 Å². The standard InChI is InChI=1S/C20H30N4O3.HI/c1-20(2,3)27-18-8-7-16(14-23-18)15-24-19(22-11-13-25-4)21-10-9-17-6-5-12-26-17;/h5-8,12,14H,9-11,13,15H2,1-4H3,(H2,21,22,24);1H. The molecule has 0 saturated carbocycles. The van der Waals surface area contributed by atoms with Crippen LogP contribution in [-0.2, 0) is 17.7 Å². The van der Waals surface area contributed by atoms with Gasteiger partial charge >= 0.3 is 0 Å². The maximum Gasteiger partial charge on any atom is 0.213 e. The fraction of sp³-hybridized carbons (Fsp3) is 0.500. The number of halogens is 1. The highest BCUT2D eigenvalue weighted by Gasteiger charge is 2.12. The van der Waals surface area contributed by atoms with Gasteiger partial charge < -0.3 is 24.5 Å². The van der Waals surface area contributed by atoms with Gasteiger partial charge in [0, 0.05) is 38.9 Å². The van der Waals surface area contributed by atoms with E-state index in [0.29, 0.717) is 25.6 Å². The Bertz CT molecular complexity index is 682. The van der Waals surface area contributed by atoms with Gasteiger partial charge in [0.05, 0.1) is 19.4 Å². The Morgan fingerprint density at radius 2 is 1.96 bits per heavy atom. The molecule has 0 radical (unpaired) electrons. The summed E-state index contributed by atoms with van der Waals surface area (Å²) in [5.41, 5.74) is 0.748. The molecule has 7 nitrogen and oxygen atoms in total. The number of pyridine rings is 1. The lowest BCUT2D eigenvalue weighted by molar-refractivity contribution is 0.124.